The highest BCUT2D eigenvalue weighted by atomic mass is 32.1. The molecule has 1 heterocycles. The van der Waals surface area contributed by atoms with Crippen LogP contribution in [0.15, 0.2) is 34.8 Å². The maximum atomic E-state index is 12.4. The van der Waals surface area contributed by atoms with E-state index in [4.69, 9.17) is 10.9 Å². The second-order valence-corrected chi connectivity index (χ2v) is 5.65. The third-order valence-corrected chi connectivity index (χ3v) is 3.75. The molecule has 1 aromatic carbocycles. The van der Waals surface area contributed by atoms with Crippen LogP contribution in [0.3, 0.4) is 0 Å². The van der Waals surface area contributed by atoms with Crippen LogP contribution < -0.4 is 5.73 Å². The Morgan fingerprint density at radius 1 is 1.48 bits per heavy atom. The Morgan fingerprint density at radius 3 is 2.81 bits per heavy atom. The Morgan fingerprint density at radius 2 is 2.19 bits per heavy atom. The van der Waals surface area contributed by atoms with E-state index in [9.17, 15) is 4.79 Å². The monoisotopic (exact) mass is 304 g/mol. The fraction of sp³-hybridized carbons (Fsp3) is 0.214. The maximum Gasteiger partial charge on any atom is 0.253 e. The predicted molar refractivity (Wildman–Crippen MR) is 81.6 cm³/mol. The quantitative estimate of drug-likeness (QED) is 0.390. The molecular formula is C14H16N4O2S. The molecule has 0 atom stereocenters. The van der Waals surface area contributed by atoms with Gasteiger partial charge in [-0.05, 0) is 19.1 Å². The molecule has 0 aliphatic carbocycles. The zero-order valence-corrected chi connectivity index (χ0v) is 12.6. The van der Waals surface area contributed by atoms with E-state index >= 15 is 0 Å². The van der Waals surface area contributed by atoms with Gasteiger partial charge in [0.05, 0.1) is 17.2 Å². The zero-order chi connectivity index (χ0) is 15.4. The molecular weight excluding hydrogens is 288 g/mol. The topological polar surface area (TPSA) is 91.8 Å². The van der Waals surface area contributed by atoms with Gasteiger partial charge in [0.1, 0.15) is 0 Å². The largest absolute Gasteiger partial charge is 0.409 e. The van der Waals surface area contributed by atoms with Crippen molar-refractivity contribution < 1.29 is 10.0 Å². The van der Waals surface area contributed by atoms with Gasteiger partial charge in [-0.2, -0.15) is 0 Å². The number of carbonyl (C=O) groups excluding carboxylic acids is 1. The summed E-state index contributed by atoms with van der Waals surface area (Å²) < 4.78 is 0. The van der Waals surface area contributed by atoms with Crippen molar-refractivity contribution in [3.8, 4) is 0 Å². The fourth-order valence-electron chi connectivity index (χ4n) is 1.89. The number of aryl methyl sites for hydroxylation is 1. The molecule has 0 spiro atoms. The predicted octanol–water partition coefficient (Wildman–Crippen LogP) is 1.82. The van der Waals surface area contributed by atoms with Crippen LogP contribution in [0.2, 0.25) is 0 Å². The molecule has 7 heteroatoms. The van der Waals surface area contributed by atoms with Gasteiger partial charge >= 0.3 is 0 Å². The molecule has 110 valence electrons. The summed E-state index contributed by atoms with van der Waals surface area (Å²) in [6.45, 7) is 2.37. The molecule has 0 aliphatic rings. The van der Waals surface area contributed by atoms with Crippen LogP contribution in [-0.4, -0.2) is 33.9 Å². The number of amidine groups is 1. The van der Waals surface area contributed by atoms with Crippen molar-refractivity contribution in [1.29, 1.82) is 0 Å². The second kappa shape index (κ2) is 6.36. The summed E-state index contributed by atoms with van der Waals surface area (Å²) in [5, 5.41) is 14.5. The third kappa shape index (κ3) is 3.57. The summed E-state index contributed by atoms with van der Waals surface area (Å²) in [4.78, 5) is 18.3. The van der Waals surface area contributed by atoms with Gasteiger partial charge in [0.2, 0.25) is 0 Å². The molecule has 3 N–H and O–H groups in total. The molecule has 2 rings (SSSR count). The van der Waals surface area contributed by atoms with E-state index in [1.807, 2.05) is 12.3 Å². The number of thiazole rings is 1. The van der Waals surface area contributed by atoms with Crippen LogP contribution in [-0.2, 0) is 6.54 Å². The van der Waals surface area contributed by atoms with Crippen LogP contribution >= 0.6 is 11.3 Å². The molecule has 0 radical (unpaired) electrons. The summed E-state index contributed by atoms with van der Waals surface area (Å²) >= 11 is 1.55. The summed E-state index contributed by atoms with van der Waals surface area (Å²) in [5.74, 6) is -0.171. The van der Waals surface area contributed by atoms with Crippen LogP contribution in [0, 0.1) is 6.92 Å². The van der Waals surface area contributed by atoms with Gasteiger partial charge in [-0.25, -0.2) is 4.98 Å². The minimum atomic E-state index is -0.145. The molecule has 0 aliphatic heterocycles. The Bertz CT molecular complexity index is 681. The van der Waals surface area contributed by atoms with Crippen LogP contribution in [0.25, 0.3) is 0 Å². The first-order valence-electron chi connectivity index (χ1n) is 6.25. The first-order valence-corrected chi connectivity index (χ1v) is 7.13. The van der Waals surface area contributed by atoms with Gasteiger partial charge in [-0.1, -0.05) is 17.3 Å². The minimum Gasteiger partial charge on any atom is -0.409 e. The molecule has 1 amide bonds. The van der Waals surface area contributed by atoms with Gasteiger partial charge in [-0.15, -0.1) is 11.3 Å². The van der Waals surface area contributed by atoms with Crippen molar-refractivity contribution in [3.63, 3.8) is 0 Å². The third-order valence-electron chi connectivity index (χ3n) is 2.93. The van der Waals surface area contributed by atoms with Gasteiger partial charge in [0.25, 0.3) is 5.91 Å². The van der Waals surface area contributed by atoms with Crippen molar-refractivity contribution in [2.24, 2.45) is 10.9 Å². The molecule has 0 saturated carbocycles. The second-order valence-electron chi connectivity index (χ2n) is 4.59. The van der Waals surface area contributed by atoms with E-state index in [0.717, 1.165) is 10.7 Å². The molecule has 0 saturated heterocycles. The Balaban J connectivity index is 2.15. The van der Waals surface area contributed by atoms with E-state index in [-0.39, 0.29) is 11.7 Å². The van der Waals surface area contributed by atoms with Gasteiger partial charge in [-0.3, -0.25) is 4.79 Å². The van der Waals surface area contributed by atoms with E-state index in [1.165, 1.54) is 0 Å². The molecule has 0 bridgehead atoms. The van der Waals surface area contributed by atoms with Crippen molar-refractivity contribution in [2.75, 3.05) is 7.05 Å². The number of carbonyl (C=O) groups is 1. The number of hydrogen-bond donors (Lipinski definition) is 2. The first kappa shape index (κ1) is 15.0. The molecule has 0 fully saturated rings. The van der Waals surface area contributed by atoms with E-state index in [2.05, 4.69) is 10.1 Å². The van der Waals surface area contributed by atoms with Crippen LogP contribution in [0.1, 0.15) is 26.6 Å². The number of hydrogen-bond acceptors (Lipinski definition) is 5. The van der Waals surface area contributed by atoms with Crippen LogP contribution in [0.5, 0.6) is 0 Å². The Labute approximate surface area is 126 Å². The Hall–Kier alpha value is -2.41. The number of nitrogens with zero attached hydrogens (tertiary/aromatic N) is 3. The number of rotatable bonds is 4. The molecule has 2 aromatic rings. The lowest BCUT2D eigenvalue weighted by atomic mass is 10.1. The highest BCUT2D eigenvalue weighted by Gasteiger charge is 2.14. The number of nitrogens with two attached hydrogens (primary N) is 1. The summed E-state index contributed by atoms with van der Waals surface area (Å²) in [5.41, 5.74) is 7.38. The first-order chi connectivity index (χ1) is 10.0. The average Bonchev–Trinajstić information content (AvgIpc) is 2.90. The van der Waals surface area contributed by atoms with Crippen molar-refractivity contribution >= 4 is 23.1 Å². The lowest BCUT2D eigenvalue weighted by molar-refractivity contribution is 0.0783. The smallest absolute Gasteiger partial charge is 0.253 e. The molecule has 1 aromatic heterocycles. The zero-order valence-electron chi connectivity index (χ0n) is 11.8. The number of oxime groups is 1. The lowest BCUT2D eigenvalue weighted by Crippen LogP contribution is -2.26. The van der Waals surface area contributed by atoms with E-state index < -0.39 is 0 Å². The lowest BCUT2D eigenvalue weighted by Gasteiger charge is -2.16. The minimum absolute atomic E-state index is 0.0255. The maximum absolute atomic E-state index is 12.4. The highest BCUT2D eigenvalue weighted by molar-refractivity contribution is 7.09. The normalized spacial score (nSPS) is 11.4. The van der Waals surface area contributed by atoms with Crippen molar-refractivity contribution in [2.45, 2.75) is 13.5 Å². The SMILES string of the molecule is Cc1nc(CN(C)C(=O)c2cccc(C(N)=NO)c2)cs1. The number of amides is 1. The summed E-state index contributed by atoms with van der Waals surface area (Å²) in [6, 6.07) is 6.66. The van der Waals surface area contributed by atoms with Crippen molar-refractivity contribution in [1.82, 2.24) is 9.88 Å². The van der Waals surface area contributed by atoms with Gasteiger partial charge in [0, 0.05) is 23.6 Å². The van der Waals surface area contributed by atoms with E-state index in [0.29, 0.717) is 17.7 Å². The van der Waals surface area contributed by atoms with Crippen molar-refractivity contribution in [3.05, 3.63) is 51.5 Å². The van der Waals surface area contributed by atoms with Crippen LogP contribution in [0.4, 0.5) is 0 Å². The number of aromatic nitrogens is 1. The standard InChI is InChI=1S/C14H16N4O2S/c1-9-16-12(8-21-9)7-18(2)14(19)11-5-3-4-10(6-11)13(15)17-20/h3-6,8,20H,7H2,1-2H3,(H2,15,17). The molecule has 21 heavy (non-hydrogen) atoms. The van der Waals surface area contributed by atoms with Gasteiger partial charge in [0.15, 0.2) is 5.84 Å². The highest BCUT2D eigenvalue weighted by Crippen LogP contribution is 2.13. The molecule has 0 unspecified atom stereocenters. The summed E-state index contributed by atoms with van der Waals surface area (Å²) in [6.07, 6.45) is 0. The van der Waals surface area contributed by atoms with E-state index in [1.54, 1.807) is 47.5 Å². The summed E-state index contributed by atoms with van der Waals surface area (Å²) in [7, 11) is 1.72. The molecule has 6 nitrogen and oxygen atoms in total. The number of benzene rings is 1. The fourth-order valence-corrected chi connectivity index (χ4v) is 2.49. The average molecular weight is 304 g/mol. The van der Waals surface area contributed by atoms with Gasteiger partial charge < -0.3 is 15.8 Å². The Kier molecular flexibility index (Phi) is 4.54.